The van der Waals surface area contributed by atoms with E-state index < -0.39 is 23.3 Å². The molecule has 0 radical (unpaired) electrons. The number of rotatable bonds is 3. The molecule has 1 N–H and O–H groups in total. The average Bonchev–Trinajstić information content (AvgIpc) is 2.70. The van der Waals surface area contributed by atoms with Gasteiger partial charge in [0.25, 0.3) is 5.91 Å². The van der Waals surface area contributed by atoms with Crippen molar-refractivity contribution < 1.29 is 23.5 Å². The van der Waals surface area contributed by atoms with E-state index in [1.807, 2.05) is 0 Å². The van der Waals surface area contributed by atoms with Crippen LogP contribution in [-0.4, -0.2) is 42.1 Å². The predicted octanol–water partition coefficient (Wildman–Crippen LogP) is 1.51. The van der Waals surface area contributed by atoms with Gasteiger partial charge >= 0.3 is 0 Å². The fourth-order valence-electron chi connectivity index (χ4n) is 1.66. The third-order valence-corrected chi connectivity index (χ3v) is 2.72. The molecule has 0 fully saturated rings. The van der Waals surface area contributed by atoms with Gasteiger partial charge in [0.1, 0.15) is 19.0 Å². The van der Waals surface area contributed by atoms with Crippen LogP contribution in [0.25, 0.3) is 6.08 Å². The van der Waals surface area contributed by atoms with E-state index in [9.17, 15) is 13.6 Å². The highest BCUT2D eigenvalue weighted by atomic mass is 19.1. The van der Waals surface area contributed by atoms with Gasteiger partial charge in [-0.2, -0.15) is 0 Å². The Morgan fingerprint density at radius 3 is 2.57 bits per heavy atom. The molecule has 0 bridgehead atoms. The summed E-state index contributed by atoms with van der Waals surface area (Å²) in [4.78, 5) is 21.6. The minimum absolute atomic E-state index is 0.0143. The Labute approximate surface area is 118 Å². The molecule has 6 nitrogen and oxygen atoms in total. The Bertz CT molecular complexity index is 660. The summed E-state index contributed by atoms with van der Waals surface area (Å²) in [5.41, 5.74) is 0.0489. The van der Waals surface area contributed by atoms with Crippen LogP contribution < -0.4 is 0 Å². The van der Waals surface area contributed by atoms with E-state index in [2.05, 4.69) is 15.0 Å². The van der Waals surface area contributed by atoms with Crippen LogP contribution in [0.4, 0.5) is 8.78 Å². The first-order valence-electron chi connectivity index (χ1n) is 5.77. The molecule has 0 spiro atoms. The highest BCUT2D eigenvalue weighted by Gasteiger charge is 2.26. The van der Waals surface area contributed by atoms with Crippen LogP contribution >= 0.6 is 0 Å². The summed E-state index contributed by atoms with van der Waals surface area (Å²) < 4.78 is 26.5. The highest BCUT2D eigenvalue weighted by molar-refractivity contribution is 6.37. The van der Waals surface area contributed by atoms with E-state index in [4.69, 9.17) is 5.11 Å². The van der Waals surface area contributed by atoms with E-state index in [1.54, 1.807) is 0 Å². The molecule has 0 aromatic heterocycles. The monoisotopic (exact) mass is 295 g/mol. The Morgan fingerprint density at radius 1 is 1.38 bits per heavy atom. The van der Waals surface area contributed by atoms with Crippen molar-refractivity contribution in [3.05, 3.63) is 35.0 Å². The number of aliphatic imine (C=N–C) groups is 1. The number of nitrogens with zero attached hydrogens (tertiary/aromatic N) is 3. The van der Waals surface area contributed by atoms with Gasteiger partial charge in [-0.3, -0.25) is 9.69 Å². The normalized spacial score (nSPS) is 17.0. The number of hydrogen-bond donors (Lipinski definition) is 1. The lowest BCUT2D eigenvalue weighted by Gasteiger charge is -2.06. The molecular formula is C13H11F2N3O3. The Balaban J connectivity index is 2.39. The first kappa shape index (κ1) is 14.6. The van der Waals surface area contributed by atoms with Crippen molar-refractivity contribution in [2.45, 2.75) is 0 Å². The zero-order chi connectivity index (χ0) is 15.6. The summed E-state index contributed by atoms with van der Waals surface area (Å²) in [7, 11) is 2.81. The molecule has 1 heterocycles. The van der Waals surface area contributed by atoms with E-state index in [1.165, 1.54) is 31.3 Å². The third kappa shape index (κ3) is 2.88. The second-order valence-electron chi connectivity index (χ2n) is 4.11. The third-order valence-electron chi connectivity index (χ3n) is 2.72. The number of likely N-dealkylation sites (N-methyl/N-ethyl adjacent to an activating group) is 1. The number of amidine groups is 1. The van der Waals surface area contributed by atoms with Gasteiger partial charge in [0, 0.05) is 7.05 Å². The van der Waals surface area contributed by atoms with E-state index in [0.29, 0.717) is 0 Å². The largest absolute Gasteiger partial charge is 0.503 e. The van der Waals surface area contributed by atoms with Gasteiger partial charge in [-0.1, -0.05) is 5.16 Å². The van der Waals surface area contributed by atoms with Gasteiger partial charge in [0.05, 0.1) is 0 Å². The number of hydrogen-bond acceptors (Lipinski definition) is 5. The van der Waals surface area contributed by atoms with E-state index in [-0.39, 0.29) is 17.1 Å². The number of aromatic hydroxyl groups is 1. The first-order valence-corrected chi connectivity index (χ1v) is 5.77. The molecule has 1 amide bonds. The van der Waals surface area contributed by atoms with Crippen molar-refractivity contribution in [3.63, 3.8) is 0 Å². The summed E-state index contributed by atoms with van der Waals surface area (Å²) in [6, 6.07) is 1.80. The maximum atomic E-state index is 13.2. The lowest BCUT2D eigenvalue weighted by Crippen LogP contribution is -2.28. The quantitative estimate of drug-likeness (QED) is 0.522. The van der Waals surface area contributed by atoms with Crippen LogP contribution in [-0.2, 0) is 9.63 Å². The summed E-state index contributed by atoms with van der Waals surface area (Å²) in [6.07, 6.45) is 2.44. The fraction of sp³-hybridized carbons (Fsp3) is 0.154. The van der Waals surface area contributed by atoms with Gasteiger partial charge in [-0.25, -0.2) is 13.8 Å². The molecule has 0 unspecified atom stereocenters. The van der Waals surface area contributed by atoms with Crippen LogP contribution in [0.5, 0.6) is 5.75 Å². The number of amides is 1. The number of halogens is 2. The van der Waals surface area contributed by atoms with Crippen LogP contribution in [0, 0.1) is 11.6 Å². The van der Waals surface area contributed by atoms with Crippen LogP contribution in [0.2, 0.25) is 0 Å². The molecule has 2 rings (SSSR count). The van der Waals surface area contributed by atoms with Crippen molar-refractivity contribution in [1.82, 2.24) is 4.90 Å². The molecule has 110 valence electrons. The Morgan fingerprint density at radius 2 is 2.00 bits per heavy atom. The van der Waals surface area contributed by atoms with Gasteiger partial charge in [-0.05, 0) is 23.8 Å². The summed E-state index contributed by atoms with van der Waals surface area (Å²) >= 11 is 0. The number of carbonyl (C=O) groups excluding carboxylic acids is 1. The number of phenols is 1. The smallest absolute Gasteiger partial charge is 0.277 e. The zero-order valence-corrected chi connectivity index (χ0v) is 11.2. The Hall–Kier alpha value is -2.77. The molecule has 1 aliphatic rings. The standard InChI is InChI=1S/C13H11F2N3O3/c1-18-11(6-16-21-2)17-10(13(18)20)5-7-3-8(14)12(19)9(15)4-7/h3-6,19H,1-2H3. The molecule has 21 heavy (non-hydrogen) atoms. The summed E-state index contributed by atoms with van der Waals surface area (Å²) in [5.74, 6) is -3.53. The molecule has 0 aliphatic carbocycles. The van der Waals surface area contributed by atoms with Gasteiger partial charge in [0.15, 0.2) is 23.2 Å². The van der Waals surface area contributed by atoms with Crippen molar-refractivity contribution in [2.24, 2.45) is 10.1 Å². The van der Waals surface area contributed by atoms with Crippen molar-refractivity contribution >= 4 is 24.0 Å². The highest BCUT2D eigenvalue weighted by Crippen LogP contribution is 2.24. The van der Waals surface area contributed by atoms with Crippen molar-refractivity contribution in [2.75, 3.05) is 14.2 Å². The maximum absolute atomic E-state index is 13.2. The maximum Gasteiger partial charge on any atom is 0.277 e. The molecule has 8 heteroatoms. The summed E-state index contributed by atoms with van der Waals surface area (Å²) in [6.45, 7) is 0. The fourth-order valence-corrected chi connectivity index (χ4v) is 1.66. The lowest BCUT2D eigenvalue weighted by atomic mass is 10.1. The predicted molar refractivity (Wildman–Crippen MR) is 71.7 cm³/mol. The van der Waals surface area contributed by atoms with Gasteiger partial charge < -0.3 is 9.94 Å². The molecular weight excluding hydrogens is 284 g/mol. The molecule has 1 aromatic rings. The second kappa shape index (κ2) is 5.70. The van der Waals surface area contributed by atoms with Crippen molar-refractivity contribution in [3.8, 4) is 5.75 Å². The number of oxime groups is 1. The van der Waals surface area contributed by atoms with Crippen LogP contribution in [0.15, 0.2) is 28.0 Å². The topological polar surface area (TPSA) is 74.5 Å². The molecule has 1 aliphatic heterocycles. The number of carbonyl (C=O) groups is 1. The molecule has 0 atom stereocenters. The minimum atomic E-state index is -1.12. The Kier molecular flexibility index (Phi) is 3.97. The van der Waals surface area contributed by atoms with Gasteiger partial charge in [0.2, 0.25) is 0 Å². The minimum Gasteiger partial charge on any atom is -0.503 e. The zero-order valence-electron chi connectivity index (χ0n) is 11.2. The van der Waals surface area contributed by atoms with E-state index in [0.717, 1.165) is 12.1 Å². The van der Waals surface area contributed by atoms with Crippen molar-refractivity contribution in [1.29, 1.82) is 0 Å². The second-order valence-corrected chi connectivity index (χ2v) is 4.11. The molecule has 0 saturated carbocycles. The first-order chi connectivity index (χ1) is 9.93. The average molecular weight is 295 g/mol. The van der Waals surface area contributed by atoms with Crippen LogP contribution in [0.1, 0.15) is 5.56 Å². The molecule has 0 saturated heterocycles. The van der Waals surface area contributed by atoms with E-state index >= 15 is 0 Å². The lowest BCUT2D eigenvalue weighted by molar-refractivity contribution is -0.121. The number of benzene rings is 1. The van der Waals surface area contributed by atoms with Crippen LogP contribution in [0.3, 0.4) is 0 Å². The summed E-state index contributed by atoms with van der Waals surface area (Å²) in [5, 5.41) is 12.5. The van der Waals surface area contributed by atoms with Gasteiger partial charge in [-0.15, -0.1) is 0 Å². The molecule has 1 aromatic carbocycles. The SMILES string of the molecule is CON=CC1=NC(=Cc2cc(F)c(O)c(F)c2)C(=O)N1C. The number of phenolic OH excluding ortho intramolecular Hbond substituents is 1.